The van der Waals surface area contributed by atoms with Crippen LogP contribution in [-0.2, 0) is 19.1 Å². The number of hydrogen-bond acceptors (Lipinski definition) is 4. The van der Waals surface area contributed by atoms with E-state index in [4.69, 9.17) is 5.11 Å². The Morgan fingerprint density at radius 3 is 1.86 bits per heavy atom. The summed E-state index contributed by atoms with van der Waals surface area (Å²) in [6.07, 6.45) is 0.480. The van der Waals surface area contributed by atoms with E-state index in [0.29, 0.717) is 19.6 Å². The summed E-state index contributed by atoms with van der Waals surface area (Å²) in [5, 5.41) is 7.92. The average molecular weight is 206 g/mol. The van der Waals surface area contributed by atoms with Gasteiger partial charge in [0.25, 0.3) is 0 Å². The molecule has 0 aliphatic carbocycles. The van der Waals surface area contributed by atoms with Crippen molar-refractivity contribution in [3.05, 3.63) is 0 Å². The average Bonchev–Trinajstić information content (AvgIpc) is 2.16. The van der Waals surface area contributed by atoms with Crippen LogP contribution < -0.4 is 0 Å². The summed E-state index contributed by atoms with van der Waals surface area (Å²) in [6, 6.07) is 0. The normalized spacial score (nSPS) is 8.50. The first kappa shape index (κ1) is 15.4. The Balaban J connectivity index is 0. The molecule has 0 aromatic heterocycles. The molecule has 1 N–H and O–H groups in total. The van der Waals surface area contributed by atoms with Gasteiger partial charge in [-0.05, 0) is 13.8 Å². The maximum atomic E-state index is 10.2. The van der Waals surface area contributed by atoms with Crippen molar-refractivity contribution < 1.29 is 24.2 Å². The molecule has 0 aliphatic heterocycles. The molecule has 14 heavy (non-hydrogen) atoms. The largest absolute Gasteiger partial charge is 0.480 e. The van der Waals surface area contributed by atoms with Gasteiger partial charge in [0.2, 0.25) is 0 Å². The number of carbonyl (C=O) groups excluding carboxylic acids is 1. The van der Waals surface area contributed by atoms with Gasteiger partial charge in [-0.2, -0.15) is 0 Å². The third-order valence-corrected chi connectivity index (χ3v) is 1.02. The van der Waals surface area contributed by atoms with E-state index in [1.54, 1.807) is 20.8 Å². The van der Waals surface area contributed by atoms with Gasteiger partial charge in [-0.25, -0.2) is 4.79 Å². The van der Waals surface area contributed by atoms with Crippen molar-refractivity contribution in [2.75, 3.05) is 19.8 Å². The first-order valence-electron chi connectivity index (χ1n) is 4.53. The SMILES string of the molecule is CCOC(=O)CC.CCOCC(=O)O. The van der Waals surface area contributed by atoms with Gasteiger partial charge < -0.3 is 14.6 Å². The second kappa shape index (κ2) is 11.9. The van der Waals surface area contributed by atoms with Crippen LogP contribution in [0.3, 0.4) is 0 Å². The quantitative estimate of drug-likeness (QED) is 0.681. The zero-order valence-corrected chi connectivity index (χ0v) is 8.91. The Kier molecular flexibility index (Phi) is 13.1. The monoisotopic (exact) mass is 206 g/mol. The third kappa shape index (κ3) is 17.1. The number of esters is 1. The fraction of sp³-hybridized carbons (Fsp3) is 0.778. The first-order valence-corrected chi connectivity index (χ1v) is 4.53. The van der Waals surface area contributed by atoms with Crippen LogP contribution in [0.2, 0.25) is 0 Å². The summed E-state index contributed by atoms with van der Waals surface area (Å²) in [4.78, 5) is 19.8. The van der Waals surface area contributed by atoms with E-state index in [2.05, 4.69) is 9.47 Å². The molecule has 0 aromatic rings. The summed E-state index contributed by atoms with van der Waals surface area (Å²) >= 11 is 0. The molecular weight excluding hydrogens is 188 g/mol. The van der Waals surface area contributed by atoms with Crippen LogP contribution in [0.4, 0.5) is 0 Å². The van der Waals surface area contributed by atoms with Crippen molar-refractivity contribution in [2.45, 2.75) is 27.2 Å². The standard InChI is InChI=1S/C5H10O2.C4H8O3/c1-3-5(6)7-4-2;1-2-7-3-4(5)6/h3-4H2,1-2H3;2-3H2,1H3,(H,5,6). The Labute approximate surface area is 84.0 Å². The zero-order chi connectivity index (χ0) is 11.4. The number of aliphatic carboxylic acids is 1. The minimum absolute atomic E-state index is 0.123. The first-order chi connectivity index (χ1) is 6.58. The van der Waals surface area contributed by atoms with E-state index in [0.717, 1.165) is 0 Å². The minimum Gasteiger partial charge on any atom is -0.480 e. The number of carboxylic acids is 1. The van der Waals surface area contributed by atoms with Crippen molar-refractivity contribution >= 4 is 11.9 Å². The minimum atomic E-state index is -0.915. The van der Waals surface area contributed by atoms with Crippen molar-refractivity contribution in [1.29, 1.82) is 0 Å². The summed E-state index contributed by atoms with van der Waals surface area (Å²) in [7, 11) is 0. The molecule has 0 unspecified atom stereocenters. The lowest BCUT2D eigenvalue weighted by Gasteiger charge is -1.93. The summed E-state index contributed by atoms with van der Waals surface area (Å²) < 4.78 is 9.05. The molecule has 0 saturated heterocycles. The van der Waals surface area contributed by atoms with Gasteiger partial charge in [0.15, 0.2) is 0 Å². The van der Waals surface area contributed by atoms with Gasteiger partial charge in [0.1, 0.15) is 6.61 Å². The number of rotatable bonds is 5. The lowest BCUT2D eigenvalue weighted by atomic mass is 10.5. The molecule has 84 valence electrons. The van der Waals surface area contributed by atoms with Crippen molar-refractivity contribution in [1.82, 2.24) is 0 Å². The molecule has 5 heteroatoms. The molecule has 0 saturated carbocycles. The smallest absolute Gasteiger partial charge is 0.329 e. The Morgan fingerprint density at radius 1 is 1.14 bits per heavy atom. The van der Waals surface area contributed by atoms with Gasteiger partial charge in [-0.3, -0.25) is 4.79 Å². The predicted molar refractivity (Wildman–Crippen MR) is 51.1 cm³/mol. The van der Waals surface area contributed by atoms with E-state index in [1.165, 1.54) is 0 Å². The lowest BCUT2D eigenvalue weighted by molar-refractivity contribution is -0.143. The van der Waals surface area contributed by atoms with Crippen molar-refractivity contribution in [3.63, 3.8) is 0 Å². The maximum Gasteiger partial charge on any atom is 0.329 e. The number of carboxylic acid groups (broad SMARTS) is 1. The molecule has 5 nitrogen and oxygen atoms in total. The van der Waals surface area contributed by atoms with Crippen LogP contribution in [0.25, 0.3) is 0 Å². The number of carbonyl (C=O) groups is 2. The summed E-state index contributed by atoms with van der Waals surface area (Å²) in [5.41, 5.74) is 0. The maximum absolute atomic E-state index is 10.2. The molecule has 0 aliphatic rings. The molecule has 0 heterocycles. The summed E-state index contributed by atoms with van der Waals surface area (Å²) in [5.74, 6) is -1.04. The topological polar surface area (TPSA) is 72.8 Å². The predicted octanol–water partition coefficient (Wildman–Crippen LogP) is 1.07. The van der Waals surface area contributed by atoms with Gasteiger partial charge >= 0.3 is 11.9 Å². The molecule has 0 atom stereocenters. The fourth-order valence-corrected chi connectivity index (χ4v) is 0.452. The highest BCUT2D eigenvalue weighted by molar-refractivity contribution is 5.68. The highest BCUT2D eigenvalue weighted by Crippen LogP contribution is 1.80. The fourth-order valence-electron chi connectivity index (χ4n) is 0.452. The Bertz CT molecular complexity index is 155. The van der Waals surface area contributed by atoms with Crippen LogP contribution in [0.1, 0.15) is 27.2 Å². The molecule has 0 amide bonds. The van der Waals surface area contributed by atoms with E-state index >= 15 is 0 Å². The molecule has 0 aromatic carbocycles. The second-order valence-electron chi connectivity index (χ2n) is 2.19. The molecule has 0 fully saturated rings. The van der Waals surface area contributed by atoms with Gasteiger partial charge in [-0.1, -0.05) is 6.92 Å². The van der Waals surface area contributed by atoms with Gasteiger partial charge in [-0.15, -0.1) is 0 Å². The van der Waals surface area contributed by atoms with E-state index in [9.17, 15) is 9.59 Å². The van der Waals surface area contributed by atoms with Crippen molar-refractivity contribution in [2.24, 2.45) is 0 Å². The second-order valence-corrected chi connectivity index (χ2v) is 2.19. The zero-order valence-electron chi connectivity index (χ0n) is 8.91. The molecular formula is C9H18O5. The highest BCUT2D eigenvalue weighted by atomic mass is 16.5. The highest BCUT2D eigenvalue weighted by Gasteiger charge is 1.91. The third-order valence-electron chi connectivity index (χ3n) is 1.02. The number of hydrogen-bond donors (Lipinski definition) is 1. The van der Waals surface area contributed by atoms with Crippen LogP contribution in [0.5, 0.6) is 0 Å². The molecule has 0 rings (SSSR count). The van der Waals surface area contributed by atoms with Gasteiger partial charge in [0.05, 0.1) is 6.61 Å². The lowest BCUT2D eigenvalue weighted by Crippen LogP contribution is -2.05. The van der Waals surface area contributed by atoms with Crippen LogP contribution in [-0.4, -0.2) is 36.9 Å². The Hall–Kier alpha value is -1.10. The Morgan fingerprint density at radius 2 is 1.71 bits per heavy atom. The van der Waals surface area contributed by atoms with Gasteiger partial charge in [0, 0.05) is 13.0 Å². The van der Waals surface area contributed by atoms with Crippen LogP contribution in [0.15, 0.2) is 0 Å². The van der Waals surface area contributed by atoms with Crippen LogP contribution in [0, 0.1) is 0 Å². The van der Waals surface area contributed by atoms with E-state index < -0.39 is 5.97 Å². The van der Waals surface area contributed by atoms with Crippen molar-refractivity contribution in [3.8, 4) is 0 Å². The molecule has 0 radical (unpaired) electrons. The van der Waals surface area contributed by atoms with Crippen LogP contribution >= 0.6 is 0 Å². The molecule has 0 bridgehead atoms. The van der Waals surface area contributed by atoms with E-state index in [1.807, 2.05) is 0 Å². The summed E-state index contributed by atoms with van der Waals surface area (Å²) in [6.45, 7) is 6.10. The molecule has 0 spiro atoms. The van der Waals surface area contributed by atoms with E-state index in [-0.39, 0.29) is 12.6 Å². The number of ether oxygens (including phenoxy) is 2.